The van der Waals surface area contributed by atoms with E-state index in [0.29, 0.717) is 18.7 Å². The molecule has 5 atom stereocenters. The molecule has 2 aromatic rings. The largest absolute Gasteiger partial charge is 0.349 e. The summed E-state index contributed by atoms with van der Waals surface area (Å²) in [6.07, 6.45) is 1.91. The maximum absolute atomic E-state index is 14.3. The van der Waals surface area contributed by atoms with E-state index in [9.17, 15) is 26.8 Å². The van der Waals surface area contributed by atoms with E-state index >= 15 is 0 Å². The molecule has 0 aromatic heterocycles. The molecule has 12 heteroatoms. The zero-order valence-corrected chi connectivity index (χ0v) is 22.8. The molecule has 4 rings (SSSR count). The molecule has 0 spiro atoms. The number of carbonyl (C=O) groups excluding carboxylic acids is 2. The molecule has 0 radical (unpaired) electrons. The Bertz CT molecular complexity index is 1280. The van der Waals surface area contributed by atoms with Crippen LogP contribution in [0.2, 0.25) is 0 Å². The van der Waals surface area contributed by atoms with Crippen LogP contribution in [0.5, 0.6) is 0 Å². The predicted octanol–water partition coefficient (Wildman–Crippen LogP) is 2.17. The summed E-state index contributed by atoms with van der Waals surface area (Å²) < 4.78 is 56.1. The Morgan fingerprint density at radius 3 is 2.56 bits per heavy atom. The van der Waals surface area contributed by atoms with Gasteiger partial charge in [-0.1, -0.05) is 24.3 Å². The maximum Gasteiger partial charge on any atom is 0.241 e. The Balaban J connectivity index is 1.46. The van der Waals surface area contributed by atoms with Gasteiger partial charge >= 0.3 is 0 Å². The van der Waals surface area contributed by atoms with Gasteiger partial charge in [-0.2, -0.15) is 4.72 Å². The molecule has 0 aliphatic carbocycles. The van der Waals surface area contributed by atoms with E-state index in [4.69, 9.17) is 0 Å². The molecule has 4 N–H and O–H groups in total. The van der Waals surface area contributed by atoms with Crippen molar-refractivity contribution in [2.75, 3.05) is 13.1 Å². The Morgan fingerprint density at radius 2 is 1.87 bits per heavy atom. The van der Waals surface area contributed by atoms with E-state index in [1.54, 1.807) is 30.0 Å². The molecule has 2 aliphatic rings. The van der Waals surface area contributed by atoms with Crippen molar-refractivity contribution in [3.05, 3.63) is 65.7 Å². The van der Waals surface area contributed by atoms with Crippen molar-refractivity contribution in [3.8, 4) is 0 Å². The lowest BCUT2D eigenvalue weighted by Gasteiger charge is -2.34. The fourth-order valence-electron chi connectivity index (χ4n) is 5.10. The van der Waals surface area contributed by atoms with E-state index in [0.717, 1.165) is 25.3 Å². The lowest BCUT2D eigenvalue weighted by molar-refractivity contribution is -0.137. The summed E-state index contributed by atoms with van der Waals surface area (Å²) in [5.74, 6) is -2.29. The van der Waals surface area contributed by atoms with Gasteiger partial charge in [0, 0.05) is 36.8 Å². The lowest BCUT2D eigenvalue weighted by atomic mass is 10.0. The minimum absolute atomic E-state index is 0.00953. The van der Waals surface area contributed by atoms with Crippen molar-refractivity contribution in [1.82, 2.24) is 25.6 Å². The monoisotopic (exact) mass is 563 g/mol. The summed E-state index contributed by atoms with van der Waals surface area (Å²) in [6, 6.07) is 8.68. The maximum atomic E-state index is 14.3. The number of piperidine rings is 1. The third-order valence-electron chi connectivity index (χ3n) is 7.30. The van der Waals surface area contributed by atoms with Gasteiger partial charge in [0.2, 0.25) is 21.8 Å². The van der Waals surface area contributed by atoms with Gasteiger partial charge in [0.15, 0.2) is 0 Å². The first-order chi connectivity index (χ1) is 18.5. The molecule has 0 bridgehead atoms. The topological polar surface area (TPSA) is 120 Å². The number of amides is 2. The zero-order chi connectivity index (χ0) is 28.2. The zero-order valence-electron chi connectivity index (χ0n) is 22.0. The molecule has 0 saturated carbocycles. The highest BCUT2D eigenvalue weighted by atomic mass is 32.2. The predicted molar refractivity (Wildman–Crippen MR) is 142 cm³/mol. The van der Waals surface area contributed by atoms with Crippen LogP contribution >= 0.6 is 0 Å². The summed E-state index contributed by atoms with van der Waals surface area (Å²) in [7, 11) is -4.09. The van der Waals surface area contributed by atoms with E-state index in [1.165, 1.54) is 24.3 Å². The number of likely N-dealkylation sites (tertiary alicyclic amines) is 1. The number of hydrogen-bond acceptors (Lipinski definition) is 6. The highest BCUT2D eigenvalue weighted by Crippen LogP contribution is 2.22. The molecule has 2 saturated heterocycles. The van der Waals surface area contributed by atoms with Crippen molar-refractivity contribution in [1.29, 1.82) is 0 Å². The SMILES string of the molecule is C[C@H](NC(=O)[C@H](CC(=O)N1CCCC[C@@H]1C)NS(=O)(=O)c1ccccc1)C1NCC(c2ccc(F)cc2F)N1. The number of carbonyl (C=O) groups is 2. The second-order valence-corrected chi connectivity index (χ2v) is 11.9. The van der Waals surface area contributed by atoms with Crippen LogP contribution in [0, 0.1) is 11.6 Å². The van der Waals surface area contributed by atoms with Crippen LogP contribution in [-0.2, 0) is 19.6 Å². The molecule has 2 unspecified atom stereocenters. The average Bonchev–Trinajstić information content (AvgIpc) is 3.39. The minimum atomic E-state index is -4.09. The van der Waals surface area contributed by atoms with Gasteiger partial charge in [-0.3, -0.25) is 20.2 Å². The first-order valence-electron chi connectivity index (χ1n) is 13.2. The van der Waals surface area contributed by atoms with Crippen LogP contribution in [0.15, 0.2) is 53.4 Å². The molecule has 2 heterocycles. The number of halogens is 2. The van der Waals surface area contributed by atoms with Crippen molar-refractivity contribution in [2.24, 2.45) is 0 Å². The van der Waals surface area contributed by atoms with E-state index in [-0.39, 0.29) is 23.3 Å². The van der Waals surface area contributed by atoms with Crippen molar-refractivity contribution in [2.45, 2.75) is 74.8 Å². The summed E-state index contributed by atoms with van der Waals surface area (Å²) in [5, 5.41) is 9.14. The third-order valence-corrected chi connectivity index (χ3v) is 8.79. The highest BCUT2D eigenvalue weighted by molar-refractivity contribution is 7.89. The third kappa shape index (κ3) is 7.18. The minimum Gasteiger partial charge on any atom is -0.349 e. The van der Waals surface area contributed by atoms with Gasteiger partial charge in [0.1, 0.15) is 17.7 Å². The van der Waals surface area contributed by atoms with Crippen LogP contribution in [0.25, 0.3) is 0 Å². The summed E-state index contributed by atoms with van der Waals surface area (Å²) in [5.41, 5.74) is 0.291. The second kappa shape index (κ2) is 12.5. The molecule has 2 aromatic carbocycles. The standard InChI is InChI=1S/C27H35F2N5O4S/c1-17-8-6-7-13-34(17)25(35)15-23(33-39(37,38)20-9-4-3-5-10-20)27(36)31-18(2)26-30-16-24(32-26)21-12-11-19(28)14-22(21)29/h3-5,9-12,14,17-18,23-24,26,30,32-33H,6-8,13,15-16H2,1-2H3,(H,31,36)/t17-,18-,23-,24?,26?/m0/s1. The normalized spacial score (nSPS) is 23.3. The molecule has 212 valence electrons. The van der Waals surface area contributed by atoms with Crippen LogP contribution in [0.3, 0.4) is 0 Å². The quantitative estimate of drug-likeness (QED) is 0.371. The number of nitrogens with zero attached hydrogens (tertiary/aromatic N) is 1. The van der Waals surface area contributed by atoms with E-state index in [1.807, 2.05) is 6.92 Å². The van der Waals surface area contributed by atoms with Gasteiger partial charge in [-0.15, -0.1) is 0 Å². The smallest absolute Gasteiger partial charge is 0.241 e. The van der Waals surface area contributed by atoms with E-state index in [2.05, 4.69) is 20.7 Å². The molecule has 2 amide bonds. The molecule has 9 nitrogen and oxygen atoms in total. The van der Waals surface area contributed by atoms with Crippen molar-refractivity contribution in [3.63, 3.8) is 0 Å². The van der Waals surface area contributed by atoms with Crippen molar-refractivity contribution < 1.29 is 26.8 Å². The molecule has 39 heavy (non-hydrogen) atoms. The van der Waals surface area contributed by atoms with Crippen LogP contribution < -0.4 is 20.7 Å². The number of rotatable bonds is 9. The second-order valence-electron chi connectivity index (χ2n) is 10.2. The van der Waals surface area contributed by atoms with Crippen LogP contribution in [0.4, 0.5) is 8.78 Å². The molecular weight excluding hydrogens is 528 g/mol. The Labute approximate surface area is 227 Å². The van der Waals surface area contributed by atoms with Gasteiger partial charge in [0.05, 0.1) is 23.5 Å². The Kier molecular flexibility index (Phi) is 9.31. The molecule has 2 aliphatic heterocycles. The van der Waals surface area contributed by atoms with E-state index < -0.39 is 51.9 Å². The summed E-state index contributed by atoms with van der Waals surface area (Å²) in [4.78, 5) is 28.2. The number of benzene rings is 2. The fourth-order valence-corrected chi connectivity index (χ4v) is 6.31. The number of sulfonamides is 1. The van der Waals surface area contributed by atoms with Crippen LogP contribution in [-0.4, -0.2) is 62.5 Å². The number of hydrogen-bond donors (Lipinski definition) is 4. The Hall–Kier alpha value is -2.93. The average molecular weight is 564 g/mol. The first kappa shape index (κ1) is 29.1. The van der Waals surface area contributed by atoms with Crippen molar-refractivity contribution >= 4 is 21.8 Å². The van der Waals surface area contributed by atoms with Gasteiger partial charge in [0.25, 0.3) is 0 Å². The van der Waals surface area contributed by atoms with Gasteiger partial charge < -0.3 is 10.2 Å². The van der Waals surface area contributed by atoms with Gasteiger partial charge in [-0.25, -0.2) is 17.2 Å². The fraction of sp³-hybridized carbons (Fsp3) is 0.481. The lowest BCUT2D eigenvalue weighted by Crippen LogP contribution is -2.57. The number of nitrogens with one attached hydrogen (secondary N) is 4. The molecular formula is C27H35F2N5O4S. The summed E-state index contributed by atoms with van der Waals surface area (Å²) >= 11 is 0. The highest BCUT2D eigenvalue weighted by Gasteiger charge is 2.35. The van der Waals surface area contributed by atoms with Gasteiger partial charge in [-0.05, 0) is 51.3 Å². The molecule has 2 fully saturated rings. The Morgan fingerprint density at radius 1 is 1.13 bits per heavy atom. The summed E-state index contributed by atoms with van der Waals surface area (Å²) in [6.45, 7) is 4.56. The first-order valence-corrected chi connectivity index (χ1v) is 14.6. The van der Waals surface area contributed by atoms with Crippen LogP contribution in [0.1, 0.15) is 51.1 Å².